The zero-order valence-electron chi connectivity index (χ0n) is 21.0. The van der Waals surface area contributed by atoms with E-state index in [0.717, 1.165) is 34.1 Å². The Kier molecular flexibility index (Phi) is 7.55. The number of methoxy groups -OCH3 is 1. The predicted octanol–water partition coefficient (Wildman–Crippen LogP) is 5.52. The molecular weight excluding hydrogens is 505 g/mol. The van der Waals surface area contributed by atoms with Crippen LogP contribution in [0, 0.1) is 11.7 Å². The number of thiazole rings is 1. The summed E-state index contributed by atoms with van der Waals surface area (Å²) in [6, 6.07) is 20.6. The van der Waals surface area contributed by atoms with Crippen LogP contribution < -0.4 is 14.5 Å². The zero-order chi connectivity index (χ0) is 26.6. The van der Waals surface area contributed by atoms with Crippen molar-refractivity contribution in [3.05, 3.63) is 83.7 Å². The Hall–Kier alpha value is -3.98. The fourth-order valence-electron chi connectivity index (χ4n) is 4.66. The average Bonchev–Trinajstić information content (AvgIpc) is 3.37. The van der Waals surface area contributed by atoms with Crippen LogP contribution in [-0.2, 0) is 22.6 Å². The van der Waals surface area contributed by atoms with Gasteiger partial charge in [-0.25, -0.2) is 9.37 Å². The van der Waals surface area contributed by atoms with Gasteiger partial charge in [0.2, 0.25) is 5.91 Å². The highest BCUT2D eigenvalue weighted by molar-refractivity contribution is 7.22. The van der Waals surface area contributed by atoms with E-state index in [1.807, 2.05) is 54.6 Å². The van der Waals surface area contributed by atoms with Crippen molar-refractivity contribution in [2.24, 2.45) is 5.92 Å². The minimum Gasteiger partial charge on any atom is -0.497 e. The maximum Gasteiger partial charge on any atom is 0.307 e. The molecule has 38 heavy (non-hydrogen) atoms. The number of aliphatic carboxylic acids is 1. The second-order valence-electron chi connectivity index (χ2n) is 9.34. The Morgan fingerprint density at radius 2 is 1.87 bits per heavy atom. The number of anilines is 2. The lowest BCUT2D eigenvalue weighted by molar-refractivity contribution is -0.144. The molecule has 9 heteroatoms. The van der Waals surface area contributed by atoms with Gasteiger partial charge < -0.3 is 19.6 Å². The first-order valence-electron chi connectivity index (χ1n) is 12.5. The van der Waals surface area contributed by atoms with Crippen LogP contribution in [0.15, 0.2) is 66.7 Å². The first-order chi connectivity index (χ1) is 18.4. The van der Waals surface area contributed by atoms with Gasteiger partial charge in [0.05, 0.1) is 23.2 Å². The molecule has 0 saturated carbocycles. The van der Waals surface area contributed by atoms with Crippen molar-refractivity contribution in [3.63, 3.8) is 0 Å². The van der Waals surface area contributed by atoms with E-state index >= 15 is 0 Å². The summed E-state index contributed by atoms with van der Waals surface area (Å²) >= 11 is 1.34. The summed E-state index contributed by atoms with van der Waals surface area (Å²) in [4.78, 5) is 32.3. The molecule has 1 fully saturated rings. The molecule has 0 aliphatic carbocycles. The quantitative estimate of drug-likeness (QED) is 0.305. The molecule has 5 rings (SSSR count). The van der Waals surface area contributed by atoms with Crippen molar-refractivity contribution in [2.75, 3.05) is 30.0 Å². The number of carboxylic acid groups (broad SMARTS) is 1. The highest BCUT2D eigenvalue weighted by Crippen LogP contribution is 2.32. The van der Waals surface area contributed by atoms with E-state index in [4.69, 9.17) is 9.72 Å². The molecule has 1 aliphatic heterocycles. The molecule has 1 amide bonds. The van der Waals surface area contributed by atoms with Crippen LogP contribution in [0.25, 0.3) is 10.2 Å². The molecule has 4 aromatic rings. The maximum atomic E-state index is 14.4. The number of ether oxygens (including phenoxy) is 1. The predicted molar refractivity (Wildman–Crippen MR) is 146 cm³/mol. The molecule has 1 aliphatic rings. The second-order valence-corrected chi connectivity index (χ2v) is 10.3. The molecule has 3 aromatic carbocycles. The number of fused-ring (bicyclic) bond motifs is 1. The van der Waals surface area contributed by atoms with Gasteiger partial charge in [-0.2, -0.15) is 0 Å². The Balaban J connectivity index is 1.34. The molecule has 1 N–H and O–H groups in total. The Bertz CT molecular complexity index is 1440. The van der Waals surface area contributed by atoms with Crippen LogP contribution >= 0.6 is 11.3 Å². The topological polar surface area (TPSA) is 83.0 Å². The van der Waals surface area contributed by atoms with Crippen LogP contribution in [0.3, 0.4) is 0 Å². The van der Waals surface area contributed by atoms with Crippen LogP contribution in [0.1, 0.15) is 24.0 Å². The van der Waals surface area contributed by atoms with E-state index in [1.54, 1.807) is 18.1 Å². The summed E-state index contributed by atoms with van der Waals surface area (Å²) in [6.07, 6.45) is 1.23. The van der Waals surface area contributed by atoms with E-state index in [0.29, 0.717) is 36.3 Å². The van der Waals surface area contributed by atoms with Crippen molar-refractivity contribution in [3.8, 4) is 5.75 Å². The maximum absolute atomic E-state index is 14.4. The zero-order valence-corrected chi connectivity index (χ0v) is 21.8. The highest BCUT2D eigenvalue weighted by Gasteiger charge is 2.31. The number of halogens is 1. The molecule has 7 nitrogen and oxygen atoms in total. The minimum atomic E-state index is -0.919. The number of carbonyl (C=O) groups excluding carboxylic acids is 1. The molecule has 0 spiro atoms. The van der Waals surface area contributed by atoms with E-state index in [9.17, 15) is 19.1 Å². The number of hydrogen-bond acceptors (Lipinski definition) is 6. The smallest absolute Gasteiger partial charge is 0.307 e. The molecule has 196 valence electrons. The summed E-state index contributed by atoms with van der Waals surface area (Å²) in [5, 5.41) is 9.97. The van der Waals surface area contributed by atoms with E-state index in [2.05, 4.69) is 4.90 Å². The summed E-state index contributed by atoms with van der Waals surface area (Å²) in [6.45, 7) is 1.63. The van der Waals surface area contributed by atoms with Crippen molar-refractivity contribution in [1.29, 1.82) is 0 Å². The number of carbonyl (C=O) groups is 2. The van der Waals surface area contributed by atoms with Crippen molar-refractivity contribution in [1.82, 2.24) is 4.98 Å². The second kappa shape index (κ2) is 11.2. The van der Waals surface area contributed by atoms with Crippen molar-refractivity contribution < 1.29 is 23.8 Å². The number of carboxylic acids is 1. The number of amides is 1. The van der Waals surface area contributed by atoms with Gasteiger partial charge in [0, 0.05) is 31.7 Å². The van der Waals surface area contributed by atoms with Gasteiger partial charge in [-0.05, 0) is 60.4 Å². The number of hydrogen-bond donors (Lipinski definition) is 1. The van der Waals surface area contributed by atoms with Crippen LogP contribution in [0.5, 0.6) is 5.75 Å². The van der Waals surface area contributed by atoms with Crippen LogP contribution in [0.4, 0.5) is 15.2 Å². The number of piperidine rings is 1. The molecule has 1 aromatic heterocycles. The molecule has 1 atom stereocenters. The third kappa shape index (κ3) is 5.62. The first-order valence-corrected chi connectivity index (χ1v) is 13.3. The standard InChI is InChI=1S/C29H28FN3O4S/c1-37-23-11-7-19(8-12-23)13-15-32(29-31-25-4-2-3-24(30)27(25)38-29)18-20-5-9-22(10-6-20)33-16-14-21(28(35)36)17-26(33)34/h2-12,21H,13-18H2,1H3,(H,35,36). The Labute approximate surface area is 224 Å². The van der Waals surface area contributed by atoms with Gasteiger partial charge in [-0.1, -0.05) is 41.7 Å². The molecule has 0 radical (unpaired) electrons. The van der Waals surface area contributed by atoms with Gasteiger partial charge in [0.25, 0.3) is 0 Å². The normalized spacial score (nSPS) is 15.6. The summed E-state index contributed by atoms with van der Waals surface area (Å²) in [5.74, 6) is -1.18. The summed E-state index contributed by atoms with van der Waals surface area (Å²) < 4.78 is 20.2. The summed E-state index contributed by atoms with van der Waals surface area (Å²) in [7, 11) is 1.64. The van der Waals surface area contributed by atoms with Gasteiger partial charge in [0.1, 0.15) is 11.6 Å². The monoisotopic (exact) mass is 533 g/mol. The molecular formula is C29H28FN3O4S. The number of rotatable bonds is 9. The van der Waals surface area contributed by atoms with Crippen molar-refractivity contribution >= 4 is 44.2 Å². The summed E-state index contributed by atoms with van der Waals surface area (Å²) in [5.41, 5.74) is 3.57. The molecule has 2 heterocycles. The first kappa shape index (κ1) is 25.7. The fraction of sp³-hybridized carbons (Fsp3) is 0.276. The minimum absolute atomic E-state index is 0.0182. The average molecular weight is 534 g/mol. The fourth-order valence-corrected chi connectivity index (χ4v) is 5.65. The van der Waals surface area contributed by atoms with Crippen LogP contribution in [-0.4, -0.2) is 42.2 Å². The van der Waals surface area contributed by atoms with E-state index < -0.39 is 11.9 Å². The Morgan fingerprint density at radius 3 is 2.53 bits per heavy atom. The third-order valence-electron chi connectivity index (χ3n) is 6.85. The van der Waals surface area contributed by atoms with E-state index in [-0.39, 0.29) is 18.1 Å². The molecule has 1 unspecified atom stereocenters. The number of benzene rings is 3. The largest absolute Gasteiger partial charge is 0.497 e. The lowest BCUT2D eigenvalue weighted by Gasteiger charge is -2.30. The van der Waals surface area contributed by atoms with Gasteiger partial charge in [-0.15, -0.1) is 0 Å². The SMILES string of the molecule is COc1ccc(CCN(Cc2ccc(N3CCC(C(=O)O)CC3=O)cc2)c2nc3cccc(F)c3s2)cc1. The van der Waals surface area contributed by atoms with Crippen LogP contribution in [0.2, 0.25) is 0 Å². The van der Waals surface area contributed by atoms with Gasteiger partial charge >= 0.3 is 5.97 Å². The van der Waals surface area contributed by atoms with Gasteiger partial charge in [0.15, 0.2) is 5.13 Å². The molecule has 0 bridgehead atoms. The van der Waals surface area contributed by atoms with E-state index in [1.165, 1.54) is 17.4 Å². The molecule has 1 saturated heterocycles. The number of nitrogens with zero attached hydrogens (tertiary/aromatic N) is 3. The van der Waals surface area contributed by atoms with Gasteiger partial charge in [-0.3, -0.25) is 9.59 Å². The van der Waals surface area contributed by atoms with Crippen molar-refractivity contribution in [2.45, 2.75) is 25.8 Å². The third-order valence-corrected chi connectivity index (χ3v) is 7.99. The number of aromatic nitrogens is 1. The highest BCUT2D eigenvalue weighted by atomic mass is 32.1. The lowest BCUT2D eigenvalue weighted by Crippen LogP contribution is -2.41. The lowest BCUT2D eigenvalue weighted by atomic mass is 9.96. The Morgan fingerprint density at radius 1 is 1.13 bits per heavy atom.